The van der Waals surface area contributed by atoms with Crippen LogP contribution in [0.1, 0.15) is 18.4 Å². The van der Waals surface area contributed by atoms with E-state index in [1.54, 1.807) is 18.2 Å². The third kappa shape index (κ3) is 4.75. The first-order valence-corrected chi connectivity index (χ1v) is 9.46. The molecule has 1 aromatic carbocycles. The number of aryl methyl sites for hydroxylation is 2. The van der Waals surface area contributed by atoms with Gasteiger partial charge >= 0.3 is 17.1 Å². The fourth-order valence-electron chi connectivity index (χ4n) is 2.59. The predicted octanol–water partition coefficient (Wildman–Crippen LogP) is 0.482. The highest BCUT2D eigenvalue weighted by atomic mass is 32.2. The third-order valence-corrected chi connectivity index (χ3v) is 4.70. The highest BCUT2D eigenvalue weighted by Gasteiger charge is 2.19. The fourth-order valence-corrected chi connectivity index (χ4v) is 3.06. The second-order valence-electron chi connectivity index (χ2n) is 5.91. The van der Waals surface area contributed by atoms with E-state index in [1.807, 2.05) is 6.26 Å². The van der Waals surface area contributed by atoms with Crippen LogP contribution in [0.4, 0.5) is 0 Å². The first-order chi connectivity index (χ1) is 12.3. The molecule has 3 N–H and O–H groups in total. The fraction of sp³-hybridized carbons (Fsp3) is 0.412. The third-order valence-electron chi connectivity index (χ3n) is 4.05. The number of aromatic amines is 1. The number of carboxylic acids is 1. The van der Waals surface area contributed by atoms with E-state index in [-0.39, 0.29) is 12.3 Å². The van der Waals surface area contributed by atoms with E-state index in [1.165, 1.54) is 23.4 Å². The number of carboxylic acid groups (broad SMARTS) is 1. The number of nitrogens with zero attached hydrogens (tertiary/aromatic N) is 1. The lowest BCUT2D eigenvalue weighted by Crippen LogP contribution is -2.41. The Morgan fingerprint density at radius 3 is 2.73 bits per heavy atom. The van der Waals surface area contributed by atoms with E-state index in [0.717, 1.165) is 5.56 Å². The van der Waals surface area contributed by atoms with Crippen molar-refractivity contribution in [1.29, 1.82) is 0 Å². The zero-order valence-corrected chi connectivity index (χ0v) is 15.4. The number of rotatable bonds is 8. The maximum Gasteiger partial charge on any atom is 0.326 e. The number of nitrogens with one attached hydrogen (secondary N) is 2. The number of amides is 1. The maximum absolute atomic E-state index is 12.0. The van der Waals surface area contributed by atoms with E-state index in [0.29, 0.717) is 29.6 Å². The van der Waals surface area contributed by atoms with Crippen LogP contribution in [0.25, 0.3) is 11.0 Å². The van der Waals surface area contributed by atoms with Crippen molar-refractivity contribution in [3.05, 3.63) is 44.5 Å². The minimum absolute atomic E-state index is 0.130. The van der Waals surface area contributed by atoms with E-state index in [9.17, 15) is 19.2 Å². The molecule has 2 aromatic rings. The van der Waals surface area contributed by atoms with Gasteiger partial charge < -0.3 is 20.0 Å². The Bertz CT molecular complexity index is 934. The van der Waals surface area contributed by atoms with Crippen molar-refractivity contribution in [3.63, 3.8) is 0 Å². The molecule has 0 radical (unpaired) electrons. The van der Waals surface area contributed by atoms with Crippen molar-refractivity contribution in [2.75, 3.05) is 12.0 Å². The molecule has 26 heavy (non-hydrogen) atoms. The predicted molar refractivity (Wildman–Crippen MR) is 101 cm³/mol. The zero-order chi connectivity index (χ0) is 19.3. The molecule has 0 saturated heterocycles. The molecule has 0 spiro atoms. The van der Waals surface area contributed by atoms with E-state index in [2.05, 4.69) is 10.3 Å². The summed E-state index contributed by atoms with van der Waals surface area (Å²) in [6.45, 7) is 0. The highest BCUT2D eigenvalue weighted by molar-refractivity contribution is 7.98. The Kier molecular flexibility index (Phi) is 6.62. The van der Waals surface area contributed by atoms with Crippen LogP contribution in [0.15, 0.2) is 27.8 Å². The first kappa shape index (κ1) is 19.8. The minimum Gasteiger partial charge on any atom is -0.480 e. The van der Waals surface area contributed by atoms with E-state index >= 15 is 0 Å². The van der Waals surface area contributed by atoms with Crippen molar-refractivity contribution in [2.24, 2.45) is 7.05 Å². The SMILES string of the molecule is CSCCC(NC(=O)CCc1ccc2c(c1)[nH]c(=O)c(=O)n2C)C(=O)O. The molecule has 1 atom stereocenters. The average Bonchev–Trinajstić information content (AvgIpc) is 2.61. The van der Waals surface area contributed by atoms with E-state index < -0.39 is 23.1 Å². The molecule has 1 aromatic heterocycles. The molecule has 0 aliphatic rings. The molecule has 0 aliphatic heterocycles. The van der Waals surface area contributed by atoms with Crippen LogP contribution in [-0.4, -0.2) is 44.6 Å². The van der Waals surface area contributed by atoms with Crippen LogP contribution < -0.4 is 16.4 Å². The minimum atomic E-state index is -1.04. The number of H-pyrrole nitrogens is 1. The number of hydrogen-bond donors (Lipinski definition) is 3. The van der Waals surface area contributed by atoms with Crippen LogP contribution in [0.5, 0.6) is 0 Å². The lowest BCUT2D eigenvalue weighted by atomic mass is 10.1. The van der Waals surface area contributed by atoms with Crippen LogP contribution in [-0.2, 0) is 23.1 Å². The van der Waals surface area contributed by atoms with Gasteiger partial charge in [-0.3, -0.25) is 14.4 Å². The molecule has 1 unspecified atom stereocenters. The average molecular weight is 379 g/mol. The van der Waals surface area contributed by atoms with Gasteiger partial charge in [-0.15, -0.1) is 0 Å². The van der Waals surface area contributed by atoms with Crippen LogP contribution in [0, 0.1) is 0 Å². The van der Waals surface area contributed by atoms with Crippen molar-refractivity contribution in [1.82, 2.24) is 14.9 Å². The number of aromatic nitrogens is 2. The number of carbonyl (C=O) groups excluding carboxylic acids is 1. The zero-order valence-electron chi connectivity index (χ0n) is 14.6. The van der Waals surface area contributed by atoms with Gasteiger partial charge in [-0.25, -0.2) is 4.79 Å². The number of carbonyl (C=O) groups is 2. The molecule has 1 amide bonds. The Morgan fingerprint density at radius 1 is 1.35 bits per heavy atom. The second kappa shape index (κ2) is 8.70. The lowest BCUT2D eigenvalue weighted by molar-refractivity contribution is -0.141. The Hall–Kier alpha value is -2.55. The molecule has 0 fully saturated rings. The number of benzene rings is 1. The van der Waals surface area contributed by atoms with Gasteiger partial charge in [0.1, 0.15) is 6.04 Å². The van der Waals surface area contributed by atoms with Crippen molar-refractivity contribution in [3.8, 4) is 0 Å². The summed E-state index contributed by atoms with van der Waals surface area (Å²) >= 11 is 1.52. The molecule has 8 nitrogen and oxygen atoms in total. The van der Waals surface area contributed by atoms with Gasteiger partial charge in [0.15, 0.2) is 0 Å². The lowest BCUT2D eigenvalue weighted by Gasteiger charge is -2.14. The summed E-state index contributed by atoms with van der Waals surface area (Å²) in [5, 5.41) is 11.7. The van der Waals surface area contributed by atoms with Crippen molar-refractivity contribution >= 4 is 34.7 Å². The number of aliphatic carboxylic acids is 1. The molecular formula is C17H21N3O5S. The molecule has 0 bridgehead atoms. The molecule has 0 saturated carbocycles. The summed E-state index contributed by atoms with van der Waals surface area (Å²) in [4.78, 5) is 48.9. The normalized spacial score (nSPS) is 12.1. The molecular weight excluding hydrogens is 358 g/mol. The van der Waals surface area contributed by atoms with Gasteiger partial charge in [-0.1, -0.05) is 6.07 Å². The summed E-state index contributed by atoms with van der Waals surface area (Å²) < 4.78 is 1.27. The van der Waals surface area contributed by atoms with E-state index in [4.69, 9.17) is 5.11 Å². The van der Waals surface area contributed by atoms with Gasteiger partial charge in [0.2, 0.25) is 5.91 Å². The molecule has 2 rings (SSSR count). The molecule has 1 heterocycles. The monoisotopic (exact) mass is 379 g/mol. The Morgan fingerprint density at radius 2 is 2.08 bits per heavy atom. The number of thioether (sulfide) groups is 1. The molecule has 0 aliphatic carbocycles. The Balaban J connectivity index is 2.06. The smallest absolute Gasteiger partial charge is 0.326 e. The second-order valence-corrected chi connectivity index (χ2v) is 6.90. The molecule has 140 valence electrons. The summed E-state index contributed by atoms with van der Waals surface area (Å²) in [6.07, 6.45) is 2.76. The van der Waals surface area contributed by atoms with Crippen LogP contribution >= 0.6 is 11.8 Å². The maximum atomic E-state index is 12.0. The quantitative estimate of drug-likeness (QED) is 0.574. The summed E-state index contributed by atoms with van der Waals surface area (Å²) in [5.74, 6) is -0.738. The summed E-state index contributed by atoms with van der Waals surface area (Å²) in [5.41, 5.74) is 0.574. The van der Waals surface area contributed by atoms with Gasteiger partial charge in [-0.05, 0) is 42.5 Å². The van der Waals surface area contributed by atoms with Crippen molar-refractivity contribution in [2.45, 2.75) is 25.3 Å². The first-order valence-electron chi connectivity index (χ1n) is 8.06. The van der Waals surface area contributed by atoms with Gasteiger partial charge in [-0.2, -0.15) is 11.8 Å². The molecule has 9 heteroatoms. The van der Waals surface area contributed by atoms with Gasteiger partial charge in [0.25, 0.3) is 0 Å². The topological polar surface area (TPSA) is 121 Å². The summed E-state index contributed by atoms with van der Waals surface area (Å²) in [7, 11) is 1.52. The Labute approximate surface area is 153 Å². The highest BCUT2D eigenvalue weighted by Crippen LogP contribution is 2.12. The van der Waals surface area contributed by atoms with Crippen LogP contribution in [0.3, 0.4) is 0 Å². The number of fused-ring (bicyclic) bond motifs is 1. The number of hydrogen-bond acceptors (Lipinski definition) is 5. The standard InChI is InChI=1S/C17H21N3O5S/c1-20-13-5-3-10(9-12(13)19-15(22)16(20)23)4-6-14(21)18-11(17(24)25)7-8-26-2/h3,5,9,11H,4,6-8H2,1-2H3,(H,18,21)(H,19,22)(H,24,25). The largest absolute Gasteiger partial charge is 0.480 e. The van der Waals surface area contributed by atoms with Gasteiger partial charge in [0, 0.05) is 13.5 Å². The van der Waals surface area contributed by atoms with Crippen molar-refractivity contribution < 1.29 is 14.7 Å². The van der Waals surface area contributed by atoms with Crippen LogP contribution in [0.2, 0.25) is 0 Å². The van der Waals surface area contributed by atoms with Gasteiger partial charge in [0.05, 0.1) is 11.0 Å². The summed E-state index contributed by atoms with van der Waals surface area (Å²) in [6, 6.07) is 4.30.